The van der Waals surface area contributed by atoms with E-state index in [1.54, 1.807) is 0 Å². The Kier molecular flexibility index (Phi) is 4.35. The van der Waals surface area contributed by atoms with Gasteiger partial charge < -0.3 is 0 Å². The van der Waals surface area contributed by atoms with Crippen molar-refractivity contribution < 1.29 is 39.5 Å². The van der Waals surface area contributed by atoms with Gasteiger partial charge in [-0.1, -0.05) is 19.1 Å². The first kappa shape index (κ1) is 19.8. The van der Waals surface area contributed by atoms with Crippen molar-refractivity contribution in [2.75, 3.05) is 13.6 Å². The molecule has 0 aromatic rings. The van der Waals surface area contributed by atoms with E-state index >= 15 is 13.2 Å². The van der Waals surface area contributed by atoms with Gasteiger partial charge in [0, 0.05) is 12.6 Å². The lowest BCUT2D eigenvalue weighted by Crippen LogP contribution is -2.72. The summed E-state index contributed by atoms with van der Waals surface area (Å²) in [6, 6.07) is 0. The average Bonchev–Trinajstić information content (AvgIpc) is 2.57. The Hall–Kier alpha value is -1.52. The Bertz CT molecular complexity index is 653. The number of nitrogens with zero attached hydrogens (tertiary/aromatic N) is 1. The lowest BCUT2D eigenvalue weighted by molar-refractivity contribution is -0.173. The topological polar surface area (TPSA) is 24.4 Å². The Labute approximate surface area is 136 Å². The normalized spacial score (nSPS) is 40.8. The molecular formula is C14H13F9N2. The van der Waals surface area contributed by atoms with Gasteiger partial charge in [-0.2, -0.15) is 22.0 Å². The molecule has 1 saturated carbocycles. The third-order valence-electron chi connectivity index (χ3n) is 4.30. The van der Waals surface area contributed by atoms with Gasteiger partial charge >= 0.3 is 12.1 Å². The van der Waals surface area contributed by atoms with Crippen molar-refractivity contribution in [3.63, 3.8) is 0 Å². The van der Waals surface area contributed by atoms with E-state index in [-0.39, 0.29) is 12.2 Å². The molecule has 2 rings (SSSR count). The van der Waals surface area contributed by atoms with Gasteiger partial charge in [0.15, 0.2) is 11.9 Å². The van der Waals surface area contributed by atoms with Crippen LogP contribution in [0.5, 0.6) is 0 Å². The molecule has 2 nitrogen and oxygen atoms in total. The van der Waals surface area contributed by atoms with Crippen LogP contribution in [0.1, 0.15) is 6.92 Å². The van der Waals surface area contributed by atoms with E-state index in [1.165, 1.54) is 5.32 Å². The van der Waals surface area contributed by atoms with Crippen LogP contribution in [0.3, 0.4) is 0 Å². The Morgan fingerprint density at radius 3 is 2.20 bits per heavy atom. The molecule has 142 valence electrons. The van der Waals surface area contributed by atoms with Crippen LogP contribution >= 0.6 is 0 Å². The first-order valence-corrected chi connectivity index (χ1v) is 7.04. The van der Waals surface area contributed by atoms with Crippen LogP contribution in [-0.2, 0) is 0 Å². The number of hydrogen-bond acceptors (Lipinski definition) is 2. The predicted molar refractivity (Wildman–Crippen MR) is 71.7 cm³/mol. The third-order valence-corrected chi connectivity index (χ3v) is 4.30. The summed E-state index contributed by atoms with van der Waals surface area (Å²) in [6.07, 6.45) is -8.16. The van der Waals surface area contributed by atoms with Gasteiger partial charge in [-0.15, -0.1) is 0 Å². The first-order chi connectivity index (χ1) is 11.3. The zero-order valence-corrected chi connectivity index (χ0v) is 12.9. The van der Waals surface area contributed by atoms with Crippen LogP contribution in [0.15, 0.2) is 28.8 Å². The van der Waals surface area contributed by atoms with E-state index in [0.717, 1.165) is 6.92 Å². The molecular weight excluding hydrogens is 367 g/mol. The summed E-state index contributed by atoms with van der Waals surface area (Å²) in [5.74, 6) is -10.0. The van der Waals surface area contributed by atoms with Crippen LogP contribution in [0.4, 0.5) is 39.5 Å². The van der Waals surface area contributed by atoms with Gasteiger partial charge in [0.1, 0.15) is 0 Å². The van der Waals surface area contributed by atoms with Crippen LogP contribution in [-0.4, -0.2) is 54.7 Å². The second-order valence-electron chi connectivity index (χ2n) is 5.57. The monoisotopic (exact) mass is 380 g/mol. The van der Waals surface area contributed by atoms with Crippen LogP contribution in [0.25, 0.3) is 0 Å². The first-order valence-electron chi connectivity index (χ1n) is 7.04. The predicted octanol–water partition coefficient (Wildman–Crippen LogP) is 3.79. The van der Waals surface area contributed by atoms with Crippen molar-refractivity contribution in [1.82, 2.24) is 5.32 Å². The number of rotatable bonds is 3. The summed E-state index contributed by atoms with van der Waals surface area (Å²) >= 11 is 0. The second kappa shape index (κ2) is 5.49. The molecule has 0 bridgehead atoms. The number of halogens is 9. The maximum atomic E-state index is 15.5. The molecule has 0 aromatic carbocycles. The maximum absolute atomic E-state index is 15.5. The van der Waals surface area contributed by atoms with E-state index in [2.05, 4.69) is 4.99 Å². The van der Waals surface area contributed by atoms with Crippen molar-refractivity contribution in [3.05, 3.63) is 23.8 Å². The fourth-order valence-corrected chi connectivity index (χ4v) is 3.30. The molecule has 0 saturated heterocycles. The lowest BCUT2D eigenvalue weighted by atomic mass is 9.75. The van der Waals surface area contributed by atoms with E-state index in [1.807, 2.05) is 0 Å². The summed E-state index contributed by atoms with van der Waals surface area (Å²) in [5, 5.41) is 1.24. The number of fused-ring (bicyclic) bond motifs is 1. The standard InChI is InChI=1S/C14H13F9N2/c1-3-25-14(23)11(17,9(24-2)13(20,21)22)10(16)7(12(14,18)19)5-4-6-8(10)15/h4-6,8,25H,3H2,1-2H3. The molecule has 0 aromatic heterocycles. The second-order valence-corrected chi connectivity index (χ2v) is 5.57. The van der Waals surface area contributed by atoms with Crippen molar-refractivity contribution in [2.45, 2.75) is 42.3 Å². The highest BCUT2D eigenvalue weighted by atomic mass is 19.4. The number of alkyl halides is 9. The molecule has 0 heterocycles. The van der Waals surface area contributed by atoms with E-state index in [0.29, 0.717) is 13.1 Å². The van der Waals surface area contributed by atoms with Crippen molar-refractivity contribution >= 4 is 5.71 Å². The molecule has 0 amide bonds. The van der Waals surface area contributed by atoms with Crippen LogP contribution in [0.2, 0.25) is 0 Å². The van der Waals surface area contributed by atoms with E-state index in [4.69, 9.17) is 0 Å². The molecule has 4 atom stereocenters. The van der Waals surface area contributed by atoms with Crippen molar-refractivity contribution in [3.8, 4) is 0 Å². The van der Waals surface area contributed by atoms with Gasteiger partial charge in [-0.05, 0) is 12.6 Å². The largest absolute Gasteiger partial charge is 0.432 e. The maximum Gasteiger partial charge on any atom is 0.432 e. The highest BCUT2D eigenvalue weighted by molar-refractivity contribution is 6.01. The van der Waals surface area contributed by atoms with E-state index < -0.39 is 53.2 Å². The van der Waals surface area contributed by atoms with Crippen LogP contribution < -0.4 is 5.32 Å². The number of nitrogens with one attached hydrogen (secondary N) is 1. The zero-order chi connectivity index (χ0) is 19.5. The quantitative estimate of drug-likeness (QED) is 0.450. The number of aliphatic imine (C=N–C) groups is 1. The fraction of sp³-hybridized carbons (Fsp3) is 0.643. The smallest absolute Gasteiger partial charge is 0.285 e. The summed E-state index contributed by atoms with van der Waals surface area (Å²) < 4.78 is 129. The third kappa shape index (κ3) is 2.07. The number of hydrogen-bond donors (Lipinski definition) is 1. The number of allylic oxidation sites excluding steroid dienone is 3. The van der Waals surface area contributed by atoms with Crippen molar-refractivity contribution in [2.24, 2.45) is 4.99 Å². The average molecular weight is 380 g/mol. The summed E-state index contributed by atoms with van der Waals surface area (Å²) in [4.78, 5) is 2.47. The van der Waals surface area contributed by atoms with Gasteiger partial charge in [0.25, 0.3) is 11.5 Å². The molecule has 0 aliphatic heterocycles. The van der Waals surface area contributed by atoms with E-state index in [9.17, 15) is 26.3 Å². The summed E-state index contributed by atoms with van der Waals surface area (Å²) in [6.45, 7) is 0.195. The lowest BCUT2D eigenvalue weighted by Gasteiger charge is -2.42. The van der Waals surface area contributed by atoms with Gasteiger partial charge in [0.2, 0.25) is 5.67 Å². The fourth-order valence-electron chi connectivity index (χ4n) is 3.30. The van der Waals surface area contributed by atoms with Gasteiger partial charge in [-0.25, -0.2) is 17.6 Å². The molecule has 1 fully saturated rings. The Morgan fingerprint density at radius 1 is 1.20 bits per heavy atom. The SMILES string of the molecule is CCNC1(F)C(F)(F)C2=CC=CC(F)C2(F)C1(F)C(=NC)C(F)(F)F. The van der Waals surface area contributed by atoms with Gasteiger partial charge in [0.05, 0.1) is 0 Å². The zero-order valence-electron chi connectivity index (χ0n) is 12.9. The molecule has 2 aliphatic carbocycles. The summed E-state index contributed by atoms with van der Waals surface area (Å²) in [5.41, 5.74) is -14.7. The molecule has 0 spiro atoms. The molecule has 0 radical (unpaired) electrons. The van der Waals surface area contributed by atoms with Gasteiger partial charge in [-0.3, -0.25) is 10.3 Å². The minimum atomic E-state index is -5.83. The minimum Gasteiger partial charge on any atom is -0.285 e. The molecule has 11 heteroatoms. The highest BCUT2D eigenvalue weighted by Crippen LogP contribution is 2.66. The minimum absolute atomic E-state index is 0.173. The molecule has 4 unspecified atom stereocenters. The summed E-state index contributed by atoms with van der Waals surface area (Å²) in [7, 11) is 0.325. The highest BCUT2D eigenvalue weighted by Gasteiger charge is 2.91. The van der Waals surface area contributed by atoms with Crippen LogP contribution in [0, 0.1) is 0 Å². The van der Waals surface area contributed by atoms with Crippen molar-refractivity contribution in [1.29, 1.82) is 0 Å². The molecule has 25 heavy (non-hydrogen) atoms. The molecule has 2 aliphatic rings. The Morgan fingerprint density at radius 2 is 1.76 bits per heavy atom. The Balaban J connectivity index is 2.95. The molecule has 1 N–H and O–H groups in total.